The van der Waals surface area contributed by atoms with E-state index in [2.05, 4.69) is 0 Å². The molecule has 7 nitrogen and oxygen atoms in total. The van der Waals surface area contributed by atoms with Gasteiger partial charge < -0.3 is 9.74 Å². The summed E-state index contributed by atoms with van der Waals surface area (Å²) < 4.78 is 0.763. The third-order valence-corrected chi connectivity index (χ3v) is 6.13. The van der Waals surface area contributed by atoms with Crippen molar-refractivity contribution >= 4 is 46.1 Å². The van der Waals surface area contributed by atoms with Gasteiger partial charge in [0, 0.05) is 6.54 Å². The molecule has 0 saturated carbocycles. The predicted molar refractivity (Wildman–Crippen MR) is 112 cm³/mol. The number of hydrogen-bond donors (Lipinski definition) is 0. The van der Waals surface area contributed by atoms with Crippen LogP contribution in [0.2, 0.25) is 0 Å². The first-order chi connectivity index (χ1) is 14.0. The van der Waals surface area contributed by atoms with Crippen molar-refractivity contribution in [2.75, 3.05) is 19.1 Å². The highest BCUT2D eigenvalue weighted by atomic mass is 32.2. The van der Waals surface area contributed by atoms with Crippen LogP contribution in [0.4, 0.5) is 0 Å². The molecule has 2 aromatic carbocycles. The van der Waals surface area contributed by atoms with Gasteiger partial charge in [0.1, 0.15) is 10.9 Å². The van der Waals surface area contributed by atoms with Crippen molar-refractivity contribution in [2.45, 2.75) is 6.54 Å². The molecule has 0 radical (unpaired) electrons. The van der Waals surface area contributed by atoms with Crippen LogP contribution in [0.3, 0.4) is 0 Å². The highest BCUT2D eigenvalue weighted by Crippen LogP contribution is 2.24. The van der Waals surface area contributed by atoms with Crippen molar-refractivity contribution in [3.63, 3.8) is 0 Å². The Bertz CT molecular complexity index is 948. The molecule has 0 unspecified atom stereocenters. The van der Waals surface area contributed by atoms with Gasteiger partial charge in [-0.15, -0.1) is 0 Å². The first-order valence-corrected chi connectivity index (χ1v) is 10.3. The van der Waals surface area contributed by atoms with Crippen molar-refractivity contribution in [2.24, 2.45) is 0 Å². The Morgan fingerprint density at radius 3 is 2.28 bits per heavy atom. The molecule has 0 atom stereocenters. The van der Waals surface area contributed by atoms with Crippen LogP contribution >= 0.6 is 24.0 Å². The molecule has 2 aliphatic heterocycles. The molecule has 0 bridgehead atoms. The van der Waals surface area contributed by atoms with Gasteiger partial charge in [-0.3, -0.25) is 14.5 Å². The quantitative estimate of drug-likeness (QED) is 0.533. The largest absolute Gasteiger partial charge is 0.347 e. The fraction of sp³-hybridized carbons (Fsp3) is 0.200. The lowest BCUT2D eigenvalue weighted by atomic mass is 10.1. The second-order valence-corrected chi connectivity index (χ2v) is 8.19. The van der Waals surface area contributed by atoms with E-state index >= 15 is 0 Å². The van der Waals surface area contributed by atoms with Gasteiger partial charge in [0.2, 0.25) is 0 Å². The summed E-state index contributed by atoms with van der Waals surface area (Å²) in [5.41, 5.74) is 1.59. The maximum atomic E-state index is 12.4. The van der Waals surface area contributed by atoms with E-state index in [0.717, 1.165) is 9.88 Å². The highest BCUT2D eigenvalue weighted by molar-refractivity contribution is 8.22. The molecular weight excluding hydrogens is 410 g/mol. The van der Waals surface area contributed by atoms with Gasteiger partial charge in [-0.05, 0) is 17.7 Å². The molecule has 0 spiro atoms. The van der Waals surface area contributed by atoms with Gasteiger partial charge in [-0.25, -0.2) is 4.79 Å². The number of carbonyl (C=O) groups excluding carboxylic acids is 3. The number of carbonyl (C=O) groups is 3. The SMILES string of the molecule is O=C(CN1CSC(=S)N(Cc2ccccc2)C1)ON1C(=O)c2ccccc2C1=O. The molecule has 0 N–H and O–H groups in total. The van der Waals surface area contributed by atoms with Gasteiger partial charge in [0.05, 0.1) is 23.7 Å². The van der Waals surface area contributed by atoms with Crippen LogP contribution in [0, 0.1) is 0 Å². The second kappa shape index (κ2) is 8.32. The fourth-order valence-corrected chi connectivity index (χ4v) is 4.21. The molecule has 4 rings (SSSR count). The van der Waals surface area contributed by atoms with Crippen molar-refractivity contribution in [1.82, 2.24) is 14.9 Å². The summed E-state index contributed by atoms with van der Waals surface area (Å²) in [5, 5.41) is 0.538. The van der Waals surface area contributed by atoms with E-state index in [0.29, 0.717) is 24.2 Å². The zero-order chi connectivity index (χ0) is 20.4. The first-order valence-electron chi connectivity index (χ1n) is 8.89. The molecule has 29 heavy (non-hydrogen) atoms. The fourth-order valence-electron chi connectivity index (χ4n) is 3.16. The lowest BCUT2D eigenvalue weighted by Crippen LogP contribution is -2.47. The number of hydrogen-bond acceptors (Lipinski definition) is 7. The average Bonchev–Trinajstić information content (AvgIpc) is 2.96. The molecule has 1 saturated heterocycles. The number of nitrogens with zero attached hydrogens (tertiary/aromatic N) is 3. The van der Waals surface area contributed by atoms with Gasteiger partial charge in [0.25, 0.3) is 11.8 Å². The van der Waals surface area contributed by atoms with Crippen LogP contribution in [0.5, 0.6) is 0 Å². The zero-order valence-corrected chi connectivity index (χ0v) is 16.9. The Labute approximate surface area is 177 Å². The Hall–Kier alpha value is -2.75. The summed E-state index contributed by atoms with van der Waals surface area (Å²) >= 11 is 6.89. The van der Waals surface area contributed by atoms with Crippen LogP contribution in [-0.2, 0) is 16.2 Å². The Balaban J connectivity index is 1.36. The number of rotatable bonds is 5. The van der Waals surface area contributed by atoms with Gasteiger partial charge in [-0.2, -0.15) is 0 Å². The minimum atomic E-state index is -0.674. The molecule has 2 amide bonds. The van der Waals surface area contributed by atoms with Crippen molar-refractivity contribution in [1.29, 1.82) is 0 Å². The lowest BCUT2D eigenvalue weighted by molar-refractivity contribution is -0.169. The highest BCUT2D eigenvalue weighted by Gasteiger charge is 2.39. The molecule has 2 aliphatic rings. The van der Waals surface area contributed by atoms with E-state index in [4.69, 9.17) is 17.1 Å². The lowest BCUT2D eigenvalue weighted by Gasteiger charge is -2.36. The number of thiocarbonyl (C=S) groups is 1. The van der Waals surface area contributed by atoms with E-state index < -0.39 is 17.8 Å². The normalized spacial score (nSPS) is 16.9. The summed E-state index contributed by atoms with van der Waals surface area (Å²) in [5.74, 6) is -1.40. The monoisotopic (exact) mass is 427 g/mol. The van der Waals surface area contributed by atoms with E-state index in [1.165, 1.54) is 23.9 Å². The second-order valence-electron chi connectivity index (χ2n) is 6.61. The molecule has 1 fully saturated rings. The molecule has 0 aromatic heterocycles. The van der Waals surface area contributed by atoms with E-state index in [1.807, 2.05) is 40.1 Å². The topological polar surface area (TPSA) is 70.2 Å². The smallest absolute Gasteiger partial charge is 0.340 e. The summed E-state index contributed by atoms with van der Waals surface area (Å²) in [6.45, 7) is 1.03. The molecule has 148 valence electrons. The number of fused-ring (bicyclic) bond motifs is 1. The van der Waals surface area contributed by atoms with E-state index in [1.54, 1.807) is 12.1 Å². The molecule has 0 aliphatic carbocycles. The number of thioether (sulfide) groups is 1. The minimum Gasteiger partial charge on any atom is -0.340 e. The maximum absolute atomic E-state index is 12.4. The minimum absolute atomic E-state index is 0.0612. The summed E-state index contributed by atoms with van der Waals surface area (Å²) in [6, 6.07) is 16.3. The van der Waals surface area contributed by atoms with Crippen molar-refractivity contribution in [3.8, 4) is 0 Å². The number of hydroxylamine groups is 2. The molecule has 2 heterocycles. The zero-order valence-electron chi connectivity index (χ0n) is 15.3. The van der Waals surface area contributed by atoms with Gasteiger partial charge in [-0.1, -0.05) is 71.5 Å². The first kappa shape index (κ1) is 19.6. The van der Waals surface area contributed by atoms with Crippen molar-refractivity contribution < 1.29 is 19.2 Å². The maximum Gasteiger partial charge on any atom is 0.347 e. The van der Waals surface area contributed by atoms with Crippen LogP contribution in [-0.4, -0.2) is 56.1 Å². The van der Waals surface area contributed by atoms with Crippen LogP contribution in [0.1, 0.15) is 26.3 Å². The summed E-state index contributed by atoms with van der Waals surface area (Å²) in [6.07, 6.45) is 0. The third kappa shape index (κ3) is 4.16. The number of amides is 2. The van der Waals surface area contributed by atoms with Gasteiger partial charge in [0.15, 0.2) is 0 Å². The Morgan fingerprint density at radius 2 is 1.62 bits per heavy atom. The molecular formula is C20H17N3O4S2. The number of benzene rings is 2. The van der Waals surface area contributed by atoms with Gasteiger partial charge >= 0.3 is 5.97 Å². The van der Waals surface area contributed by atoms with Crippen LogP contribution in [0.15, 0.2) is 54.6 Å². The van der Waals surface area contributed by atoms with Crippen LogP contribution in [0.25, 0.3) is 0 Å². The number of imide groups is 1. The summed E-state index contributed by atoms with van der Waals surface area (Å²) in [4.78, 5) is 46.0. The standard InChI is InChI=1S/C20H17N3O4S2/c24-17(27-23-18(25)15-8-4-5-9-16(15)19(23)26)11-21-12-22(20(28)29-13-21)10-14-6-2-1-3-7-14/h1-9H,10-13H2. The summed E-state index contributed by atoms with van der Waals surface area (Å²) in [7, 11) is 0. The molecule has 2 aromatic rings. The van der Waals surface area contributed by atoms with Crippen molar-refractivity contribution in [3.05, 3.63) is 71.3 Å². The third-order valence-electron chi connectivity index (χ3n) is 4.52. The predicted octanol–water partition coefficient (Wildman–Crippen LogP) is 2.49. The Morgan fingerprint density at radius 1 is 1.00 bits per heavy atom. The average molecular weight is 428 g/mol. The van der Waals surface area contributed by atoms with Crippen LogP contribution < -0.4 is 0 Å². The molecule has 9 heteroatoms. The van der Waals surface area contributed by atoms with E-state index in [-0.39, 0.29) is 17.7 Å². The Kier molecular flexibility index (Phi) is 5.61. The van der Waals surface area contributed by atoms with E-state index in [9.17, 15) is 14.4 Å².